The van der Waals surface area contributed by atoms with Crippen LogP contribution in [0.1, 0.15) is 12.8 Å². The van der Waals surface area contributed by atoms with E-state index in [1.54, 1.807) is 13.2 Å². The van der Waals surface area contributed by atoms with Crippen LogP contribution in [0.2, 0.25) is 0 Å². The molecule has 1 amide bonds. The lowest BCUT2D eigenvalue weighted by Crippen LogP contribution is -2.45. The molecule has 0 spiro atoms. The third kappa shape index (κ3) is 2.83. The lowest BCUT2D eigenvalue weighted by molar-refractivity contribution is -0.120. The van der Waals surface area contributed by atoms with Crippen LogP contribution in [0.15, 0.2) is 28.9 Å². The van der Waals surface area contributed by atoms with Crippen molar-refractivity contribution >= 4 is 32.4 Å². The van der Waals surface area contributed by atoms with E-state index < -0.39 is 22.0 Å². The molecule has 0 radical (unpaired) electrons. The monoisotopic (exact) mass is 341 g/mol. The molecule has 2 aromatic heterocycles. The first-order valence-corrected chi connectivity index (χ1v) is 9.05. The predicted molar refractivity (Wildman–Crippen MR) is 81.0 cm³/mol. The molecule has 2 aromatic rings. The third-order valence-electron chi connectivity index (χ3n) is 3.45. The number of nitrogens with one attached hydrogen (secondary N) is 1. The lowest BCUT2D eigenvalue weighted by Gasteiger charge is -2.22. The van der Waals surface area contributed by atoms with Crippen molar-refractivity contribution in [3.8, 4) is 0 Å². The van der Waals surface area contributed by atoms with Crippen molar-refractivity contribution in [2.75, 3.05) is 11.4 Å². The van der Waals surface area contributed by atoms with Crippen molar-refractivity contribution in [3.63, 3.8) is 0 Å². The number of amides is 1. The number of carbonyl (C=O) groups is 1. The normalized spacial score (nSPS) is 18.6. The molecule has 0 bridgehead atoms. The highest BCUT2D eigenvalue weighted by Gasteiger charge is 2.34. The highest BCUT2D eigenvalue weighted by atomic mass is 32.2. The van der Waals surface area contributed by atoms with Gasteiger partial charge in [-0.05, 0) is 12.8 Å². The fourth-order valence-corrected chi connectivity index (χ4v) is 4.14. The Bertz CT molecular complexity index is 769. The van der Waals surface area contributed by atoms with Crippen molar-refractivity contribution in [1.29, 1.82) is 0 Å². The van der Waals surface area contributed by atoms with Gasteiger partial charge in [0.1, 0.15) is 10.9 Å². The van der Waals surface area contributed by atoms with Crippen LogP contribution in [0.4, 0.5) is 5.13 Å². The first kappa shape index (κ1) is 15.0. The second-order valence-corrected chi connectivity index (χ2v) is 7.54. The smallest absolute Gasteiger partial charge is 0.267 e. The van der Waals surface area contributed by atoms with E-state index in [-0.39, 0.29) is 4.90 Å². The van der Waals surface area contributed by atoms with Gasteiger partial charge in [0.05, 0.1) is 6.20 Å². The summed E-state index contributed by atoms with van der Waals surface area (Å²) in [5.41, 5.74) is 0. The topological polar surface area (TPSA) is 97.2 Å². The van der Waals surface area contributed by atoms with Crippen LogP contribution in [0.5, 0.6) is 0 Å². The molecule has 1 N–H and O–H groups in total. The fourth-order valence-electron chi connectivity index (χ4n) is 2.42. The maximum absolute atomic E-state index is 12.4. The van der Waals surface area contributed by atoms with Crippen LogP contribution in [-0.4, -0.2) is 41.7 Å². The lowest BCUT2D eigenvalue weighted by atomic mass is 10.2. The number of nitrogens with zero attached hydrogens (tertiary/aromatic N) is 4. The van der Waals surface area contributed by atoms with Gasteiger partial charge < -0.3 is 4.90 Å². The highest BCUT2D eigenvalue weighted by molar-refractivity contribution is 7.90. The van der Waals surface area contributed by atoms with Gasteiger partial charge in [0.2, 0.25) is 0 Å². The van der Waals surface area contributed by atoms with Crippen molar-refractivity contribution in [3.05, 3.63) is 24.0 Å². The molecule has 1 fully saturated rings. The average Bonchev–Trinajstić information content (AvgIpc) is 3.18. The molecule has 3 heterocycles. The van der Waals surface area contributed by atoms with Crippen LogP contribution in [0.3, 0.4) is 0 Å². The highest BCUT2D eigenvalue weighted by Crippen LogP contribution is 2.27. The molecule has 8 nitrogen and oxygen atoms in total. The van der Waals surface area contributed by atoms with Crippen LogP contribution < -0.4 is 9.62 Å². The number of aromatic nitrogens is 3. The molecule has 1 saturated heterocycles. The number of carbonyl (C=O) groups excluding carboxylic acids is 1. The minimum absolute atomic E-state index is 0.0258. The third-order valence-corrected chi connectivity index (χ3v) is 5.56. The zero-order chi connectivity index (χ0) is 15.7. The Morgan fingerprint density at radius 3 is 2.95 bits per heavy atom. The van der Waals surface area contributed by atoms with E-state index >= 15 is 0 Å². The summed E-state index contributed by atoms with van der Waals surface area (Å²) >= 11 is 1.43. The molecule has 1 atom stereocenters. The van der Waals surface area contributed by atoms with Crippen molar-refractivity contribution in [2.45, 2.75) is 23.8 Å². The van der Waals surface area contributed by atoms with E-state index in [0.29, 0.717) is 13.0 Å². The number of thiazole rings is 1. The number of hydrogen-bond acceptors (Lipinski definition) is 7. The molecule has 1 aliphatic rings. The molecule has 0 unspecified atom stereocenters. The molecule has 10 heteroatoms. The average molecular weight is 341 g/mol. The zero-order valence-corrected chi connectivity index (χ0v) is 13.5. The summed E-state index contributed by atoms with van der Waals surface area (Å²) in [6, 6.07) is -0.516. The van der Waals surface area contributed by atoms with E-state index in [4.69, 9.17) is 0 Å². The van der Waals surface area contributed by atoms with E-state index in [9.17, 15) is 13.2 Å². The first-order chi connectivity index (χ1) is 10.5. The van der Waals surface area contributed by atoms with Crippen LogP contribution >= 0.6 is 11.3 Å². The Kier molecular flexibility index (Phi) is 3.87. The van der Waals surface area contributed by atoms with Crippen molar-refractivity contribution in [2.24, 2.45) is 7.05 Å². The van der Waals surface area contributed by atoms with Gasteiger partial charge in [0.25, 0.3) is 15.9 Å². The molecule has 1 aliphatic heterocycles. The summed E-state index contributed by atoms with van der Waals surface area (Å²) in [6.07, 6.45) is 5.66. The number of anilines is 1. The van der Waals surface area contributed by atoms with Crippen LogP contribution in [-0.2, 0) is 21.9 Å². The van der Waals surface area contributed by atoms with E-state index in [2.05, 4.69) is 14.8 Å². The number of rotatable bonds is 4. The zero-order valence-electron chi connectivity index (χ0n) is 11.8. The van der Waals surface area contributed by atoms with Crippen molar-refractivity contribution < 1.29 is 13.2 Å². The number of aryl methyl sites for hydroxylation is 1. The predicted octanol–water partition coefficient (Wildman–Crippen LogP) is 0.351. The summed E-state index contributed by atoms with van der Waals surface area (Å²) in [4.78, 5) is 18.4. The van der Waals surface area contributed by atoms with Gasteiger partial charge in [-0.15, -0.1) is 11.3 Å². The summed E-state index contributed by atoms with van der Waals surface area (Å²) < 4.78 is 27.9. The molecule has 0 saturated carbocycles. The van der Waals surface area contributed by atoms with Gasteiger partial charge in [-0.2, -0.15) is 5.10 Å². The molecule has 118 valence electrons. The SMILES string of the molecule is Cn1cc(S(=O)(=O)NC(=O)[C@@H]2CCCN2c2nccs2)cn1. The summed E-state index contributed by atoms with van der Waals surface area (Å²) in [5, 5.41) is 6.37. The molecule has 0 aromatic carbocycles. The van der Waals surface area contributed by atoms with E-state index in [1.165, 1.54) is 28.4 Å². The Balaban J connectivity index is 1.76. The molecular formula is C12H15N5O3S2. The van der Waals surface area contributed by atoms with Gasteiger partial charge in [-0.3, -0.25) is 9.48 Å². The van der Waals surface area contributed by atoms with Crippen LogP contribution in [0.25, 0.3) is 0 Å². The maximum atomic E-state index is 12.4. The van der Waals surface area contributed by atoms with Crippen LogP contribution in [0, 0.1) is 0 Å². The largest absolute Gasteiger partial charge is 0.336 e. The Morgan fingerprint density at radius 2 is 2.32 bits per heavy atom. The minimum atomic E-state index is -3.89. The second-order valence-electron chi connectivity index (χ2n) is 4.99. The van der Waals surface area contributed by atoms with Gasteiger partial charge >= 0.3 is 0 Å². The van der Waals surface area contributed by atoms with Gasteiger partial charge in [0, 0.05) is 31.4 Å². The van der Waals surface area contributed by atoms with E-state index in [1.807, 2.05) is 10.3 Å². The Morgan fingerprint density at radius 1 is 1.50 bits per heavy atom. The standard InChI is InChI=1S/C12H15N5O3S2/c1-16-8-9(7-14-16)22(19,20)15-11(18)10-3-2-5-17(10)12-13-4-6-21-12/h4,6-8,10H,2-3,5H2,1H3,(H,15,18)/t10-/m0/s1. The van der Waals surface area contributed by atoms with Gasteiger partial charge in [-0.25, -0.2) is 18.1 Å². The molecule has 0 aliphatic carbocycles. The summed E-state index contributed by atoms with van der Waals surface area (Å²) in [7, 11) is -2.28. The fraction of sp³-hybridized carbons (Fsp3) is 0.417. The quantitative estimate of drug-likeness (QED) is 0.862. The van der Waals surface area contributed by atoms with Crippen molar-refractivity contribution in [1.82, 2.24) is 19.5 Å². The summed E-state index contributed by atoms with van der Waals surface area (Å²) in [6.45, 7) is 0.693. The van der Waals surface area contributed by atoms with E-state index in [0.717, 1.165) is 11.6 Å². The molecular weight excluding hydrogens is 326 g/mol. The Hall–Kier alpha value is -1.94. The number of sulfonamides is 1. The van der Waals surface area contributed by atoms with Gasteiger partial charge in [-0.1, -0.05) is 0 Å². The van der Waals surface area contributed by atoms with Gasteiger partial charge in [0.15, 0.2) is 5.13 Å². The number of hydrogen-bond donors (Lipinski definition) is 1. The Labute approximate surface area is 131 Å². The summed E-state index contributed by atoms with van der Waals surface area (Å²) in [5.74, 6) is -0.531. The first-order valence-electron chi connectivity index (χ1n) is 6.69. The second kappa shape index (κ2) is 5.69. The molecule has 22 heavy (non-hydrogen) atoms. The maximum Gasteiger partial charge on any atom is 0.267 e. The molecule has 3 rings (SSSR count). The minimum Gasteiger partial charge on any atom is -0.336 e.